The van der Waals surface area contributed by atoms with Crippen molar-refractivity contribution in [1.82, 2.24) is 5.32 Å². The molecule has 0 saturated heterocycles. The van der Waals surface area contributed by atoms with Crippen LogP contribution in [0.5, 0.6) is 0 Å². The Balaban J connectivity index is 3.26. The van der Waals surface area contributed by atoms with Gasteiger partial charge in [-0.3, -0.25) is 0 Å². The van der Waals surface area contributed by atoms with E-state index in [1.165, 1.54) is 6.42 Å². The number of carbonyl (C=O) groups is 1. The summed E-state index contributed by atoms with van der Waals surface area (Å²) in [5.41, 5.74) is 0. The predicted octanol–water partition coefficient (Wildman–Crippen LogP) is 0.646. The largest absolute Gasteiger partial charge is 0.447 e. The van der Waals surface area contributed by atoms with E-state index in [4.69, 9.17) is 10.2 Å². The Bertz CT molecular complexity index is 164. The molecule has 0 fully saturated rings. The summed E-state index contributed by atoms with van der Waals surface area (Å²) in [4.78, 5) is 11.0. The van der Waals surface area contributed by atoms with Crippen LogP contribution in [0, 0.1) is 0 Å². The zero-order valence-electron chi connectivity index (χ0n) is 9.24. The van der Waals surface area contributed by atoms with Crippen molar-refractivity contribution in [2.75, 3.05) is 19.8 Å². The molecule has 0 heterocycles. The highest BCUT2D eigenvalue weighted by Gasteiger charge is 2.06. The van der Waals surface area contributed by atoms with Crippen molar-refractivity contribution in [2.45, 2.75) is 38.7 Å². The number of nitrogens with one attached hydrogen (secondary N) is 1. The van der Waals surface area contributed by atoms with E-state index >= 15 is 0 Å². The van der Waals surface area contributed by atoms with Crippen LogP contribution < -0.4 is 5.32 Å². The summed E-state index contributed by atoms with van der Waals surface area (Å²) in [5.74, 6) is 0. The molecular weight excluding hydrogens is 198 g/mol. The number of amides is 1. The molecule has 0 aliphatic heterocycles. The van der Waals surface area contributed by atoms with Crippen LogP contribution in [0.25, 0.3) is 0 Å². The van der Waals surface area contributed by atoms with Crippen LogP contribution in [0.1, 0.15) is 32.6 Å². The van der Waals surface area contributed by atoms with Gasteiger partial charge < -0.3 is 20.3 Å². The van der Waals surface area contributed by atoms with Crippen LogP contribution in [-0.2, 0) is 4.74 Å². The average Bonchev–Trinajstić information content (AvgIpc) is 2.25. The molecule has 1 unspecified atom stereocenters. The molecule has 0 aromatic heterocycles. The topological polar surface area (TPSA) is 78.8 Å². The molecular formula is C10H21NO4. The molecule has 90 valence electrons. The molecule has 0 spiro atoms. The van der Waals surface area contributed by atoms with E-state index in [0.29, 0.717) is 6.54 Å². The minimum atomic E-state index is -0.990. The predicted molar refractivity (Wildman–Crippen MR) is 56.6 cm³/mol. The van der Waals surface area contributed by atoms with Gasteiger partial charge in [0.15, 0.2) is 0 Å². The molecule has 5 nitrogen and oxygen atoms in total. The Kier molecular flexibility index (Phi) is 9.21. The van der Waals surface area contributed by atoms with Gasteiger partial charge in [-0.2, -0.15) is 0 Å². The third-order valence-electron chi connectivity index (χ3n) is 1.92. The molecule has 0 radical (unpaired) electrons. The number of alkyl carbamates (subject to hydrolysis) is 1. The maximum atomic E-state index is 11.0. The van der Waals surface area contributed by atoms with E-state index in [1.807, 2.05) is 0 Å². The molecule has 0 bridgehead atoms. The second kappa shape index (κ2) is 9.73. The van der Waals surface area contributed by atoms with E-state index in [1.54, 1.807) is 0 Å². The van der Waals surface area contributed by atoms with Gasteiger partial charge in [0.1, 0.15) is 12.7 Å². The lowest BCUT2D eigenvalue weighted by atomic mass is 10.2. The van der Waals surface area contributed by atoms with Crippen molar-refractivity contribution in [3.05, 3.63) is 0 Å². The lowest BCUT2D eigenvalue weighted by Gasteiger charge is -2.09. The van der Waals surface area contributed by atoms with Crippen LogP contribution in [-0.4, -0.2) is 42.2 Å². The van der Waals surface area contributed by atoms with Crippen molar-refractivity contribution >= 4 is 6.09 Å². The Hall–Kier alpha value is -0.810. The van der Waals surface area contributed by atoms with E-state index in [9.17, 15) is 4.79 Å². The molecule has 5 heteroatoms. The third-order valence-corrected chi connectivity index (χ3v) is 1.92. The van der Waals surface area contributed by atoms with Gasteiger partial charge in [-0.1, -0.05) is 26.2 Å². The molecule has 3 N–H and O–H groups in total. The highest BCUT2D eigenvalue weighted by molar-refractivity contribution is 5.67. The summed E-state index contributed by atoms with van der Waals surface area (Å²) < 4.78 is 4.64. The van der Waals surface area contributed by atoms with E-state index < -0.39 is 18.8 Å². The first-order chi connectivity index (χ1) is 7.20. The normalized spacial score (nSPS) is 12.2. The fourth-order valence-corrected chi connectivity index (χ4v) is 1.02. The fourth-order valence-electron chi connectivity index (χ4n) is 1.02. The monoisotopic (exact) mass is 219 g/mol. The molecule has 1 amide bonds. The number of hydrogen-bond donors (Lipinski definition) is 3. The van der Waals surface area contributed by atoms with Gasteiger partial charge in [-0.15, -0.1) is 0 Å². The molecule has 0 aliphatic rings. The first-order valence-corrected chi connectivity index (χ1v) is 5.40. The Labute approximate surface area is 90.4 Å². The molecule has 15 heavy (non-hydrogen) atoms. The van der Waals surface area contributed by atoms with Gasteiger partial charge in [-0.25, -0.2) is 4.79 Å². The number of unbranched alkanes of at least 4 members (excludes halogenated alkanes) is 3. The SMILES string of the molecule is CCCCCCNC(=O)OCC(O)CO. The molecule has 0 rings (SSSR count). The number of hydrogen-bond acceptors (Lipinski definition) is 4. The van der Waals surface area contributed by atoms with Crippen molar-refractivity contribution in [3.63, 3.8) is 0 Å². The van der Waals surface area contributed by atoms with Crippen LogP contribution >= 0.6 is 0 Å². The van der Waals surface area contributed by atoms with Crippen LogP contribution in [0.2, 0.25) is 0 Å². The molecule has 0 aromatic carbocycles. The van der Waals surface area contributed by atoms with E-state index in [-0.39, 0.29) is 6.61 Å². The summed E-state index contributed by atoms with van der Waals surface area (Å²) in [6.45, 7) is 2.15. The first-order valence-electron chi connectivity index (χ1n) is 5.40. The number of aliphatic hydroxyl groups is 2. The molecule has 0 aliphatic carbocycles. The van der Waals surface area contributed by atoms with Gasteiger partial charge in [0.05, 0.1) is 6.61 Å². The third kappa shape index (κ3) is 9.49. The molecule has 0 saturated carbocycles. The maximum Gasteiger partial charge on any atom is 0.407 e. The lowest BCUT2D eigenvalue weighted by Crippen LogP contribution is -2.29. The van der Waals surface area contributed by atoms with Crippen LogP contribution in [0.4, 0.5) is 4.79 Å². The highest BCUT2D eigenvalue weighted by Crippen LogP contribution is 1.97. The quantitative estimate of drug-likeness (QED) is 0.524. The van der Waals surface area contributed by atoms with Crippen molar-refractivity contribution in [1.29, 1.82) is 0 Å². The zero-order chi connectivity index (χ0) is 11.5. The van der Waals surface area contributed by atoms with Crippen molar-refractivity contribution in [2.24, 2.45) is 0 Å². The summed E-state index contributed by atoms with van der Waals surface area (Å²) in [5, 5.41) is 19.9. The average molecular weight is 219 g/mol. The van der Waals surface area contributed by atoms with E-state index in [2.05, 4.69) is 17.0 Å². The van der Waals surface area contributed by atoms with Crippen LogP contribution in [0.15, 0.2) is 0 Å². The second-order valence-corrected chi connectivity index (χ2v) is 3.42. The van der Waals surface area contributed by atoms with Gasteiger partial charge in [0, 0.05) is 6.54 Å². The van der Waals surface area contributed by atoms with Gasteiger partial charge >= 0.3 is 6.09 Å². The van der Waals surface area contributed by atoms with Crippen molar-refractivity contribution < 1.29 is 19.7 Å². The number of carbonyl (C=O) groups excluding carboxylic acids is 1. The standard InChI is InChI=1S/C10H21NO4/c1-2-3-4-5-6-11-10(14)15-8-9(13)7-12/h9,12-13H,2-8H2,1H3,(H,11,14). The minimum Gasteiger partial charge on any atom is -0.447 e. The summed E-state index contributed by atoms with van der Waals surface area (Å²) in [6.07, 6.45) is 2.82. The lowest BCUT2D eigenvalue weighted by molar-refractivity contribution is 0.0322. The van der Waals surface area contributed by atoms with Crippen molar-refractivity contribution in [3.8, 4) is 0 Å². The number of aliphatic hydroxyl groups excluding tert-OH is 2. The van der Waals surface area contributed by atoms with E-state index in [0.717, 1.165) is 19.3 Å². The summed E-state index contributed by atoms with van der Waals surface area (Å²) in [7, 11) is 0. The summed E-state index contributed by atoms with van der Waals surface area (Å²) >= 11 is 0. The summed E-state index contributed by atoms with van der Waals surface area (Å²) in [6, 6.07) is 0. The minimum absolute atomic E-state index is 0.169. The first kappa shape index (κ1) is 14.2. The molecule has 1 atom stereocenters. The number of ether oxygens (including phenoxy) is 1. The van der Waals surface area contributed by atoms with Gasteiger partial charge in [-0.05, 0) is 6.42 Å². The number of rotatable bonds is 8. The second-order valence-electron chi connectivity index (χ2n) is 3.42. The smallest absolute Gasteiger partial charge is 0.407 e. The fraction of sp³-hybridized carbons (Fsp3) is 0.900. The highest BCUT2D eigenvalue weighted by atomic mass is 16.6. The molecule has 0 aromatic rings. The maximum absolute atomic E-state index is 11.0. The van der Waals surface area contributed by atoms with Crippen LogP contribution in [0.3, 0.4) is 0 Å². The zero-order valence-corrected chi connectivity index (χ0v) is 9.24. The Morgan fingerprint density at radius 1 is 1.40 bits per heavy atom. The van der Waals surface area contributed by atoms with Gasteiger partial charge in [0.2, 0.25) is 0 Å². The van der Waals surface area contributed by atoms with Gasteiger partial charge in [0.25, 0.3) is 0 Å². The Morgan fingerprint density at radius 2 is 2.13 bits per heavy atom. The Morgan fingerprint density at radius 3 is 2.73 bits per heavy atom.